The highest BCUT2D eigenvalue weighted by molar-refractivity contribution is 5.32. The molecule has 0 aromatic heterocycles. The molecule has 1 aromatic carbocycles. The molecule has 1 atom stereocenters. The second kappa shape index (κ2) is 5.03. The minimum absolute atomic E-state index is 0.288. The summed E-state index contributed by atoms with van der Waals surface area (Å²) >= 11 is 0. The van der Waals surface area contributed by atoms with Crippen LogP contribution >= 0.6 is 0 Å². The van der Waals surface area contributed by atoms with Crippen LogP contribution in [-0.2, 0) is 0 Å². The van der Waals surface area contributed by atoms with E-state index in [1.54, 1.807) is 20.1 Å². The summed E-state index contributed by atoms with van der Waals surface area (Å²) in [7, 11) is 1.61. The summed E-state index contributed by atoms with van der Waals surface area (Å²) in [6, 6.07) is 7.35. The lowest BCUT2D eigenvalue weighted by Crippen LogP contribution is -2.31. The molecule has 0 aliphatic heterocycles. The molecule has 0 saturated heterocycles. The van der Waals surface area contributed by atoms with Crippen LogP contribution in [0.5, 0.6) is 11.5 Å². The molecule has 0 aliphatic carbocycles. The summed E-state index contributed by atoms with van der Waals surface area (Å²) in [6.07, 6.45) is 0.664. The molecule has 15 heavy (non-hydrogen) atoms. The lowest BCUT2D eigenvalue weighted by atomic mass is 10.1. The molecule has 0 saturated carbocycles. The summed E-state index contributed by atoms with van der Waals surface area (Å²) in [6.45, 7) is 3.97. The molecule has 3 heteroatoms. The number of hydrogen-bond donors (Lipinski definition) is 1. The van der Waals surface area contributed by atoms with Crippen LogP contribution in [-0.4, -0.2) is 24.4 Å². The first-order chi connectivity index (χ1) is 7.07. The standard InChI is InChI=1S/C12H18O3/c1-4-12(2,13)9-15-11-7-5-6-10(8-11)14-3/h5-8,13H,4,9H2,1-3H3. The average molecular weight is 210 g/mol. The Hall–Kier alpha value is -1.22. The normalized spacial score (nSPS) is 14.4. The first-order valence-corrected chi connectivity index (χ1v) is 5.06. The summed E-state index contributed by atoms with van der Waals surface area (Å²) in [5.74, 6) is 1.46. The maximum atomic E-state index is 9.75. The lowest BCUT2D eigenvalue weighted by molar-refractivity contribution is 0.00841. The van der Waals surface area contributed by atoms with Gasteiger partial charge in [0.15, 0.2) is 0 Å². The zero-order valence-corrected chi connectivity index (χ0v) is 9.49. The highest BCUT2D eigenvalue weighted by Crippen LogP contribution is 2.20. The van der Waals surface area contributed by atoms with E-state index in [9.17, 15) is 5.11 Å². The minimum atomic E-state index is -0.775. The highest BCUT2D eigenvalue weighted by Gasteiger charge is 2.18. The fourth-order valence-electron chi connectivity index (χ4n) is 1.03. The molecule has 84 valence electrons. The van der Waals surface area contributed by atoms with Crippen LogP contribution in [0.15, 0.2) is 24.3 Å². The Kier molecular flexibility index (Phi) is 3.97. The Labute approximate surface area is 90.6 Å². The van der Waals surface area contributed by atoms with E-state index in [1.165, 1.54) is 0 Å². The molecule has 3 nitrogen and oxygen atoms in total. The van der Waals surface area contributed by atoms with Crippen molar-refractivity contribution in [2.75, 3.05) is 13.7 Å². The molecular formula is C12H18O3. The molecule has 0 bridgehead atoms. The number of hydrogen-bond acceptors (Lipinski definition) is 3. The van der Waals surface area contributed by atoms with E-state index in [-0.39, 0.29) is 6.61 Å². The van der Waals surface area contributed by atoms with Crippen LogP contribution in [0.2, 0.25) is 0 Å². The molecule has 0 heterocycles. The Morgan fingerprint density at radius 2 is 2.00 bits per heavy atom. The van der Waals surface area contributed by atoms with Crippen molar-refractivity contribution in [1.29, 1.82) is 0 Å². The van der Waals surface area contributed by atoms with E-state index in [2.05, 4.69) is 0 Å². The second-order valence-electron chi connectivity index (χ2n) is 3.82. The first kappa shape index (κ1) is 11.9. The van der Waals surface area contributed by atoms with E-state index in [4.69, 9.17) is 9.47 Å². The van der Waals surface area contributed by atoms with Gasteiger partial charge in [-0.25, -0.2) is 0 Å². The van der Waals surface area contributed by atoms with Crippen molar-refractivity contribution < 1.29 is 14.6 Å². The van der Waals surface area contributed by atoms with Crippen molar-refractivity contribution in [3.63, 3.8) is 0 Å². The van der Waals surface area contributed by atoms with Crippen LogP contribution in [0, 0.1) is 0 Å². The monoisotopic (exact) mass is 210 g/mol. The molecule has 0 radical (unpaired) electrons. The molecule has 1 N–H and O–H groups in total. The van der Waals surface area contributed by atoms with Gasteiger partial charge in [0.25, 0.3) is 0 Å². The Morgan fingerprint density at radius 1 is 1.33 bits per heavy atom. The van der Waals surface area contributed by atoms with Crippen LogP contribution in [0.1, 0.15) is 20.3 Å². The van der Waals surface area contributed by atoms with Gasteiger partial charge in [0, 0.05) is 6.07 Å². The molecule has 0 aliphatic rings. The van der Waals surface area contributed by atoms with E-state index in [0.717, 1.165) is 5.75 Å². The van der Waals surface area contributed by atoms with Crippen LogP contribution in [0.25, 0.3) is 0 Å². The summed E-state index contributed by atoms with van der Waals surface area (Å²) in [5, 5.41) is 9.75. The van der Waals surface area contributed by atoms with E-state index < -0.39 is 5.60 Å². The van der Waals surface area contributed by atoms with E-state index in [0.29, 0.717) is 12.2 Å². The molecule has 1 rings (SSSR count). The fraction of sp³-hybridized carbons (Fsp3) is 0.500. The maximum absolute atomic E-state index is 9.75. The van der Waals surface area contributed by atoms with E-state index >= 15 is 0 Å². The molecule has 0 amide bonds. The molecule has 0 spiro atoms. The van der Waals surface area contributed by atoms with Crippen molar-refractivity contribution in [2.45, 2.75) is 25.9 Å². The first-order valence-electron chi connectivity index (χ1n) is 5.06. The number of methoxy groups -OCH3 is 1. The van der Waals surface area contributed by atoms with Gasteiger partial charge >= 0.3 is 0 Å². The molecule has 0 fully saturated rings. The summed E-state index contributed by atoms with van der Waals surface area (Å²) < 4.78 is 10.5. The van der Waals surface area contributed by atoms with Crippen LogP contribution < -0.4 is 9.47 Å². The smallest absolute Gasteiger partial charge is 0.123 e. The van der Waals surface area contributed by atoms with Gasteiger partial charge in [0.1, 0.15) is 18.1 Å². The van der Waals surface area contributed by atoms with Gasteiger partial charge in [0.2, 0.25) is 0 Å². The fourth-order valence-corrected chi connectivity index (χ4v) is 1.03. The summed E-state index contributed by atoms with van der Waals surface area (Å²) in [5.41, 5.74) is -0.775. The van der Waals surface area contributed by atoms with Crippen molar-refractivity contribution in [3.05, 3.63) is 24.3 Å². The van der Waals surface area contributed by atoms with Gasteiger partial charge in [-0.1, -0.05) is 13.0 Å². The van der Waals surface area contributed by atoms with Crippen molar-refractivity contribution in [2.24, 2.45) is 0 Å². The largest absolute Gasteiger partial charge is 0.497 e. The molecule has 1 aromatic rings. The number of benzene rings is 1. The Balaban J connectivity index is 2.57. The van der Waals surface area contributed by atoms with E-state index in [1.807, 2.05) is 25.1 Å². The Morgan fingerprint density at radius 3 is 2.60 bits per heavy atom. The lowest BCUT2D eigenvalue weighted by Gasteiger charge is -2.21. The van der Waals surface area contributed by atoms with Crippen molar-refractivity contribution >= 4 is 0 Å². The molecule has 1 unspecified atom stereocenters. The van der Waals surface area contributed by atoms with Crippen LogP contribution in [0.3, 0.4) is 0 Å². The summed E-state index contributed by atoms with van der Waals surface area (Å²) in [4.78, 5) is 0. The zero-order chi connectivity index (χ0) is 11.3. The van der Waals surface area contributed by atoms with Gasteiger partial charge in [-0.2, -0.15) is 0 Å². The Bertz CT molecular complexity index is 307. The average Bonchev–Trinajstić information content (AvgIpc) is 2.27. The third kappa shape index (κ3) is 3.80. The second-order valence-corrected chi connectivity index (χ2v) is 3.82. The van der Waals surface area contributed by atoms with Gasteiger partial charge < -0.3 is 14.6 Å². The SMILES string of the molecule is CCC(C)(O)COc1cccc(OC)c1. The van der Waals surface area contributed by atoms with Gasteiger partial charge in [-0.05, 0) is 25.5 Å². The third-order valence-electron chi connectivity index (χ3n) is 2.35. The predicted molar refractivity (Wildman–Crippen MR) is 59.4 cm³/mol. The topological polar surface area (TPSA) is 38.7 Å². The molecular weight excluding hydrogens is 192 g/mol. The predicted octanol–water partition coefficient (Wildman–Crippen LogP) is 2.24. The van der Waals surface area contributed by atoms with Crippen LogP contribution in [0.4, 0.5) is 0 Å². The quantitative estimate of drug-likeness (QED) is 0.810. The van der Waals surface area contributed by atoms with Gasteiger partial charge in [-0.3, -0.25) is 0 Å². The van der Waals surface area contributed by atoms with Gasteiger partial charge in [0.05, 0.1) is 12.7 Å². The van der Waals surface area contributed by atoms with Gasteiger partial charge in [-0.15, -0.1) is 0 Å². The zero-order valence-electron chi connectivity index (χ0n) is 9.49. The van der Waals surface area contributed by atoms with Crippen molar-refractivity contribution in [1.82, 2.24) is 0 Å². The highest BCUT2D eigenvalue weighted by atomic mass is 16.5. The number of rotatable bonds is 5. The minimum Gasteiger partial charge on any atom is -0.497 e. The number of ether oxygens (including phenoxy) is 2. The maximum Gasteiger partial charge on any atom is 0.123 e. The van der Waals surface area contributed by atoms with Crippen molar-refractivity contribution in [3.8, 4) is 11.5 Å². The number of aliphatic hydroxyl groups is 1. The third-order valence-corrected chi connectivity index (χ3v) is 2.35.